The fourth-order valence-electron chi connectivity index (χ4n) is 2.16. The van der Waals surface area contributed by atoms with Crippen LogP contribution < -0.4 is 5.32 Å². The number of unbranched alkanes of at least 4 members (excludes halogenated alkanes) is 2. The van der Waals surface area contributed by atoms with Gasteiger partial charge in [-0.05, 0) is 31.9 Å². The van der Waals surface area contributed by atoms with Crippen LogP contribution in [0, 0.1) is 6.92 Å². The number of carbonyl (C=O) groups is 2. The molecule has 6 nitrogen and oxygen atoms in total. The molecule has 0 aliphatic carbocycles. The van der Waals surface area contributed by atoms with Crippen molar-refractivity contribution < 1.29 is 14.3 Å². The van der Waals surface area contributed by atoms with Crippen molar-refractivity contribution in [3.05, 3.63) is 35.0 Å². The summed E-state index contributed by atoms with van der Waals surface area (Å²) in [5, 5.41) is 3.65. The Morgan fingerprint density at radius 1 is 1.25 bits per heavy atom. The number of pyridine rings is 1. The number of carbonyl (C=O) groups excluding carboxylic acids is 2. The van der Waals surface area contributed by atoms with E-state index in [4.69, 9.17) is 0 Å². The number of amides is 1. The number of nitrogens with one attached hydrogen (secondary N) is 1. The van der Waals surface area contributed by atoms with Crippen LogP contribution in [0.1, 0.15) is 41.0 Å². The molecule has 0 radical (unpaired) electrons. The van der Waals surface area contributed by atoms with Gasteiger partial charge in [-0.2, -0.15) is 0 Å². The average molecular weight is 347 g/mol. The highest BCUT2D eigenvalue weighted by Crippen LogP contribution is 2.26. The molecule has 2 heterocycles. The summed E-state index contributed by atoms with van der Waals surface area (Å²) in [6.07, 6.45) is 4.60. The van der Waals surface area contributed by atoms with Crippen LogP contribution in [-0.4, -0.2) is 35.5 Å². The molecule has 1 N–H and O–H groups in total. The summed E-state index contributed by atoms with van der Waals surface area (Å²) in [7, 11) is 1.39. The molecule has 24 heavy (non-hydrogen) atoms. The Kier molecular flexibility index (Phi) is 6.87. The van der Waals surface area contributed by atoms with Crippen LogP contribution in [0.2, 0.25) is 0 Å². The highest BCUT2D eigenvalue weighted by Gasteiger charge is 2.16. The summed E-state index contributed by atoms with van der Waals surface area (Å²) in [4.78, 5) is 32.6. The van der Waals surface area contributed by atoms with Crippen molar-refractivity contribution >= 4 is 23.2 Å². The van der Waals surface area contributed by atoms with Crippen LogP contribution in [0.25, 0.3) is 10.7 Å². The van der Waals surface area contributed by atoms with E-state index in [9.17, 15) is 9.59 Å². The molecule has 0 spiro atoms. The minimum atomic E-state index is -0.193. The number of ether oxygens (including phenoxy) is 1. The molecule has 7 heteroatoms. The van der Waals surface area contributed by atoms with Crippen LogP contribution >= 0.6 is 11.3 Å². The zero-order valence-electron chi connectivity index (χ0n) is 13.9. The van der Waals surface area contributed by atoms with Gasteiger partial charge in [0.15, 0.2) is 0 Å². The number of rotatable bonds is 8. The van der Waals surface area contributed by atoms with Crippen molar-refractivity contribution in [3.63, 3.8) is 0 Å². The molecule has 0 saturated heterocycles. The van der Waals surface area contributed by atoms with Crippen LogP contribution in [0.15, 0.2) is 24.4 Å². The lowest BCUT2D eigenvalue weighted by Gasteiger charge is -2.04. The van der Waals surface area contributed by atoms with E-state index in [0.717, 1.165) is 30.0 Å². The maximum Gasteiger partial charge on any atom is 0.305 e. The van der Waals surface area contributed by atoms with E-state index < -0.39 is 0 Å². The SMILES string of the molecule is COC(=O)CCCCCNC(=O)c1sc(-c2ccccn2)nc1C. The average Bonchev–Trinajstić information content (AvgIpc) is 3.00. The number of aromatic nitrogens is 2. The van der Waals surface area contributed by atoms with Crippen molar-refractivity contribution in [2.45, 2.75) is 32.6 Å². The van der Waals surface area contributed by atoms with Crippen LogP contribution in [0.5, 0.6) is 0 Å². The van der Waals surface area contributed by atoms with Crippen molar-refractivity contribution in [1.29, 1.82) is 0 Å². The van der Waals surface area contributed by atoms with Crippen LogP contribution in [0.3, 0.4) is 0 Å². The predicted molar refractivity (Wildman–Crippen MR) is 92.9 cm³/mol. The molecule has 0 atom stereocenters. The third kappa shape index (κ3) is 5.13. The number of aryl methyl sites for hydroxylation is 1. The molecular weight excluding hydrogens is 326 g/mol. The lowest BCUT2D eigenvalue weighted by molar-refractivity contribution is -0.140. The first-order chi connectivity index (χ1) is 11.6. The third-order valence-electron chi connectivity index (χ3n) is 3.46. The smallest absolute Gasteiger partial charge is 0.305 e. The molecular formula is C17H21N3O3S. The number of methoxy groups -OCH3 is 1. The van der Waals surface area contributed by atoms with E-state index in [0.29, 0.717) is 23.5 Å². The second kappa shape index (κ2) is 9.12. The van der Waals surface area contributed by atoms with Gasteiger partial charge in [-0.3, -0.25) is 14.6 Å². The molecule has 0 unspecified atom stereocenters. The summed E-state index contributed by atoms with van der Waals surface area (Å²) in [6.45, 7) is 2.41. The van der Waals surface area contributed by atoms with Gasteiger partial charge >= 0.3 is 5.97 Å². The summed E-state index contributed by atoms with van der Waals surface area (Å²) >= 11 is 1.35. The van der Waals surface area contributed by atoms with E-state index in [1.54, 1.807) is 6.20 Å². The standard InChI is InChI=1S/C17H21N3O3S/c1-12-15(24-17(20-12)13-8-5-7-10-18-13)16(22)19-11-6-3-4-9-14(21)23-2/h5,7-8,10H,3-4,6,9,11H2,1-2H3,(H,19,22). The van der Waals surface area contributed by atoms with Crippen molar-refractivity contribution in [2.75, 3.05) is 13.7 Å². The lowest BCUT2D eigenvalue weighted by atomic mass is 10.2. The van der Waals surface area contributed by atoms with Crippen LogP contribution in [-0.2, 0) is 9.53 Å². The molecule has 0 fully saturated rings. The fourth-order valence-corrected chi connectivity index (χ4v) is 3.12. The van der Waals surface area contributed by atoms with Gasteiger partial charge in [0, 0.05) is 19.2 Å². The molecule has 2 aromatic rings. The first-order valence-corrected chi connectivity index (χ1v) is 8.67. The maximum atomic E-state index is 12.3. The molecule has 128 valence electrons. The molecule has 0 aliphatic rings. The largest absolute Gasteiger partial charge is 0.469 e. The minimum Gasteiger partial charge on any atom is -0.469 e. The molecule has 1 amide bonds. The Labute approximate surface area is 145 Å². The van der Waals surface area contributed by atoms with E-state index in [1.807, 2.05) is 25.1 Å². The van der Waals surface area contributed by atoms with E-state index in [-0.39, 0.29) is 11.9 Å². The molecule has 0 saturated carbocycles. The Bertz CT molecular complexity index is 686. The Balaban J connectivity index is 1.81. The minimum absolute atomic E-state index is 0.111. The number of nitrogens with zero attached hydrogens (tertiary/aromatic N) is 2. The van der Waals surface area contributed by atoms with Gasteiger partial charge in [-0.1, -0.05) is 12.5 Å². The van der Waals surface area contributed by atoms with Crippen LogP contribution in [0.4, 0.5) is 0 Å². The van der Waals surface area contributed by atoms with E-state index in [1.165, 1.54) is 18.4 Å². The quantitative estimate of drug-likeness (QED) is 0.586. The number of thiazole rings is 1. The van der Waals surface area contributed by atoms with E-state index in [2.05, 4.69) is 20.0 Å². The van der Waals surface area contributed by atoms with Gasteiger partial charge in [0.1, 0.15) is 9.88 Å². The van der Waals surface area contributed by atoms with Gasteiger partial charge in [-0.25, -0.2) is 4.98 Å². The molecule has 2 aromatic heterocycles. The molecule has 0 bridgehead atoms. The highest BCUT2D eigenvalue weighted by atomic mass is 32.1. The zero-order valence-corrected chi connectivity index (χ0v) is 14.7. The summed E-state index contributed by atoms with van der Waals surface area (Å²) in [6, 6.07) is 5.62. The first kappa shape index (κ1) is 18.1. The highest BCUT2D eigenvalue weighted by molar-refractivity contribution is 7.17. The zero-order chi connectivity index (χ0) is 17.4. The van der Waals surface area contributed by atoms with Gasteiger partial charge in [0.2, 0.25) is 0 Å². The van der Waals surface area contributed by atoms with Crippen molar-refractivity contribution in [2.24, 2.45) is 0 Å². The van der Waals surface area contributed by atoms with Gasteiger partial charge in [-0.15, -0.1) is 11.3 Å². The summed E-state index contributed by atoms with van der Waals surface area (Å²) in [5.41, 5.74) is 1.48. The predicted octanol–water partition coefficient (Wildman–Crippen LogP) is 2.98. The molecule has 0 aromatic carbocycles. The normalized spacial score (nSPS) is 10.4. The maximum absolute atomic E-state index is 12.3. The molecule has 0 aliphatic heterocycles. The topological polar surface area (TPSA) is 81.2 Å². The lowest BCUT2D eigenvalue weighted by Crippen LogP contribution is -2.24. The number of hydrogen-bond acceptors (Lipinski definition) is 6. The first-order valence-electron chi connectivity index (χ1n) is 7.85. The second-order valence-electron chi connectivity index (χ2n) is 5.29. The van der Waals surface area contributed by atoms with E-state index >= 15 is 0 Å². The molecule has 2 rings (SSSR count). The van der Waals surface area contributed by atoms with Crippen molar-refractivity contribution in [1.82, 2.24) is 15.3 Å². The Hall–Kier alpha value is -2.28. The fraction of sp³-hybridized carbons (Fsp3) is 0.412. The Morgan fingerprint density at radius 3 is 2.79 bits per heavy atom. The summed E-state index contributed by atoms with van der Waals surface area (Å²) in [5.74, 6) is -0.304. The van der Waals surface area contributed by atoms with Gasteiger partial charge in [0.25, 0.3) is 5.91 Å². The Morgan fingerprint density at radius 2 is 2.08 bits per heavy atom. The third-order valence-corrected chi connectivity index (χ3v) is 4.64. The second-order valence-corrected chi connectivity index (χ2v) is 6.29. The number of hydrogen-bond donors (Lipinski definition) is 1. The van der Waals surface area contributed by atoms with Gasteiger partial charge in [0.05, 0.1) is 18.5 Å². The van der Waals surface area contributed by atoms with Crippen molar-refractivity contribution in [3.8, 4) is 10.7 Å². The monoisotopic (exact) mass is 347 g/mol. The van der Waals surface area contributed by atoms with Gasteiger partial charge < -0.3 is 10.1 Å². The summed E-state index contributed by atoms with van der Waals surface area (Å²) < 4.78 is 4.59. The number of esters is 1.